The summed E-state index contributed by atoms with van der Waals surface area (Å²) in [6, 6.07) is 16.0. The molecule has 0 unspecified atom stereocenters. The minimum absolute atomic E-state index is 0.138. The topological polar surface area (TPSA) is 51.0 Å². The summed E-state index contributed by atoms with van der Waals surface area (Å²) in [6.45, 7) is 6.54. The van der Waals surface area contributed by atoms with Gasteiger partial charge < -0.3 is 0 Å². The Bertz CT molecular complexity index is 1140. The van der Waals surface area contributed by atoms with Gasteiger partial charge in [-0.3, -0.25) is 14.4 Å². The molecule has 142 valence electrons. The number of amides is 1. The first-order chi connectivity index (χ1) is 13.4. The molecule has 2 aromatic carbocycles. The van der Waals surface area contributed by atoms with Gasteiger partial charge in [-0.1, -0.05) is 47.7 Å². The zero-order chi connectivity index (χ0) is 19.8. The van der Waals surface area contributed by atoms with E-state index in [2.05, 4.69) is 31.1 Å². The molecule has 0 aliphatic heterocycles. The molecule has 28 heavy (non-hydrogen) atoms. The van der Waals surface area contributed by atoms with E-state index in [1.54, 1.807) is 20.9 Å². The van der Waals surface area contributed by atoms with E-state index in [0.29, 0.717) is 17.4 Å². The number of aryl methyl sites for hydroxylation is 4. The first-order valence-electron chi connectivity index (χ1n) is 9.16. The number of nitrogens with zero attached hydrogens (tertiary/aromatic N) is 4. The number of thiazole rings is 1. The van der Waals surface area contributed by atoms with Crippen LogP contribution in [0.4, 0.5) is 5.13 Å². The highest BCUT2D eigenvalue weighted by Gasteiger charge is 2.24. The van der Waals surface area contributed by atoms with Gasteiger partial charge in [0.1, 0.15) is 0 Å². The number of carbonyl (C=O) groups excluding carboxylic acids is 1. The number of anilines is 1. The van der Waals surface area contributed by atoms with Crippen LogP contribution < -0.4 is 4.90 Å². The van der Waals surface area contributed by atoms with Gasteiger partial charge in [0.05, 0.1) is 16.8 Å². The Labute approximate surface area is 168 Å². The number of hydrogen-bond donors (Lipinski definition) is 0. The molecule has 1 amide bonds. The molecule has 0 spiro atoms. The zero-order valence-electron chi connectivity index (χ0n) is 16.4. The third-order valence-electron chi connectivity index (χ3n) is 4.80. The van der Waals surface area contributed by atoms with Crippen LogP contribution in [0.1, 0.15) is 32.9 Å². The van der Waals surface area contributed by atoms with Crippen molar-refractivity contribution in [1.82, 2.24) is 14.8 Å². The van der Waals surface area contributed by atoms with Crippen LogP contribution in [0.25, 0.3) is 10.2 Å². The van der Waals surface area contributed by atoms with E-state index < -0.39 is 0 Å². The predicted molar refractivity (Wildman–Crippen MR) is 114 cm³/mol. The Morgan fingerprint density at radius 3 is 2.54 bits per heavy atom. The fourth-order valence-electron chi connectivity index (χ4n) is 3.28. The van der Waals surface area contributed by atoms with E-state index in [9.17, 15) is 4.79 Å². The van der Waals surface area contributed by atoms with Gasteiger partial charge in [0.25, 0.3) is 5.91 Å². The van der Waals surface area contributed by atoms with Crippen LogP contribution in [-0.4, -0.2) is 20.7 Å². The van der Waals surface area contributed by atoms with Crippen molar-refractivity contribution >= 4 is 32.6 Å². The molecule has 0 aliphatic carbocycles. The molecular formula is C22H22N4OS. The quantitative estimate of drug-likeness (QED) is 0.503. The van der Waals surface area contributed by atoms with E-state index in [4.69, 9.17) is 4.98 Å². The van der Waals surface area contributed by atoms with E-state index in [1.165, 1.54) is 11.1 Å². The molecule has 0 atom stereocenters. The smallest absolute Gasteiger partial charge is 0.278 e. The summed E-state index contributed by atoms with van der Waals surface area (Å²) in [5.41, 5.74) is 5.71. The Kier molecular flexibility index (Phi) is 4.73. The van der Waals surface area contributed by atoms with E-state index in [-0.39, 0.29) is 5.91 Å². The zero-order valence-corrected chi connectivity index (χ0v) is 17.2. The van der Waals surface area contributed by atoms with Crippen LogP contribution in [0.2, 0.25) is 0 Å². The van der Waals surface area contributed by atoms with Crippen LogP contribution >= 0.6 is 11.3 Å². The van der Waals surface area contributed by atoms with Gasteiger partial charge in [-0.15, -0.1) is 0 Å². The predicted octanol–water partition coefficient (Wildman–Crippen LogP) is 4.80. The van der Waals surface area contributed by atoms with E-state index in [1.807, 2.05) is 50.4 Å². The third-order valence-corrected chi connectivity index (χ3v) is 6.03. The summed E-state index contributed by atoms with van der Waals surface area (Å²) in [5, 5.41) is 5.08. The first kappa shape index (κ1) is 18.4. The molecule has 6 heteroatoms. The average Bonchev–Trinajstić information content (AvgIpc) is 3.23. The van der Waals surface area contributed by atoms with Crippen LogP contribution in [0.15, 0.2) is 48.5 Å². The lowest BCUT2D eigenvalue weighted by atomic mass is 10.1. The number of rotatable bonds is 4. The Morgan fingerprint density at radius 2 is 1.86 bits per heavy atom. The van der Waals surface area contributed by atoms with Crippen molar-refractivity contribution in [2.75, 3.05) is 4.90 Å². The summed E-state index contributed by atoms with van der Waals surface area (Å²) < 4.78 is 2.84. The van der Waals surface area contributed by atoms with Gasteiger partial charge in [0.2, 0.25) is 0 Å². The molecule has 5 nitrogen and oxygen atoms in total. The maximum atomic E-state index is 13.4. The fraction of sp³-hybridized carbons (Fsp3) is 0.227. The van der Waals surface area contributed by atoms with Crippen molar-refractivity contribution in [1.29, 1.82) is 0 Å². The van der Waals surface area contributed by atoms with Crippen molar-refractivity contribution in [3.05, 3.63) is 76.6 Å². The van der Waals surface area contributed by atoms with Gasteiger partial charge in [-0.05, 0) is 49.6 Å². The molecular weight excluding hydrogens is 368 g/mol. The first-order valence-corrected chi connectivity index (χ1v) is 9.98. The molecule has 0 radical (unpaired) electrons. The number of benzene rings is 2. The Morgan fingerprint density at radius 1 is 1.11 bits per heavy atom. The molecule has 4 rings (SSSR count). The minimum Gasteiger partial charge on any atom is -0.278 e. The number of fused-ring (bicyclic) bond motifs is 1. The molecule has 0 fully saturated rings. The molecule has 0 saturated carbocycles. The van der Waals surface area contributed by atoms with Crippen molar-refractivity contribution in [2.24, 2.45) is 7.05 Å². The second-order valence-electron chi connectivity index (χ2n) is 7.10. The minimum atomic E-state index is -0.138. The highest BCUT2D eigenvalue weighted by molar-refractivity contribution is 7.22. The van der Waals surface area contributed by atoms with Gasteiger partial charge >= 0.3 is 0 Å². The SMILES string of the molecule is Cc1cc(C)c2sc(N(Cc3ccccc3)C(=O)c3cc(C)n(C)n3)nc2c1. The summed E-state index contributed by atoms with van der Waals surface area (Å²) in [6.07, 6.45) is 0. The van der Waals surface area contributed by atoms with Gasteiger partial charge in [-0.2, -0.15) is 5.10 Å². The van der Waals surface area contributed by atoms with Crippen LogP contribution in [0.3, 0.4) is 0 Å². The van der Waals surface area contributed by atoms with E-state index >= 15 is 0 Å². The maximum absolute atomic E-state index is 13.4. The molecule has 4 aromatic rings. The monoisotopic (exact) mass is 390 g/mol. The highest BCUT2D eigenvalue weighted by atomic mass is 32.1. The molecule has 2 heterocycles. The van der Waals surface area contributed by atoms with Crippen molar-refractivity contribution in [3.63, 3.8) is 0 Å². The Balaban J connectivity index is 1.80. The lowest BCUT2D eigenvalue weighted by Gasteiger charge is -2.19. The second kappa shape index (κ2) is 7.20. The van der Waals surface area contributed by atoms with Crippen molar-refractivity contribution in [2.45, 2.75) is 27.3 Å². The summed E-state index contributed by atoms with van der Waals surface area (Å²) in [5.74, 6) is -0.138. The lowest BCUT2D eigenvalue weighted by Crippen LogP contribution is -2.30. The van der Waals surface area contributed by atoms with Crippen LogP contribution in [0.5, 0.6) is 0 Å². The third kappa shape index (κ3) is 3.43. The lowest BCUT2D eigenvalue weighted by molar-refractivity contribution is 0.0979. The molecule has 0 aliphatic rings. The van der Waals surface area contributed by atoms with Crippen LogP contribution in [-0.2, 0) is 13.6 Å². The van der Waals surface area contributed by atoms with Gasteiger partial charge in [0, 0.05) is 12.7 Å². The standard InChI is InChI=1S/C22H22N4OS/c1-14-10-15(2)20-18(11-14)23-22(28-20)26(13-17-8-6-5-7-9-17)21(27)19-12-16(3)25(4)24-19/h5-12H,13H2,1-4H3. The van der Waals surface area contributed by atoms with Gasteiger partial charge in [-0.25, -0.2) is 4.98 Å². The second-order valence-corrected chi connectivity index (χ2v) is 8.08. The molecule has 0 saturated heterocycles. The average molecular weight is 391 g/mol. The summed E-state index contributed by atoms with van der Waals surface area (Å²) in [4.78, 5) is 19.9. The van der Waals surface area contributed by atoms with Crippen LogP contribution in [0, 0.1) is 20.8 Å². The fourth-order valence-corrected chi connectivity index (χ4v) is 4.29. The normalized spacial score (nSPS) is 11.1. The van der Waals surface area contributed by atoms with Gasteiger partial charge in [0.15, 0.2) is 10.8 Å². The maximum Gasteiger partial charge on any atom is 0.280 e. The largest absolute Gasteiger partial charge is 0.280 e. The highest BCUT2D eigenvalue weighted by Crippen LogP contribution is 2.33. The summed E-state index contributed by atoms with van der Waals surface area (Å²) >= 11 is 1.55. The van der Waals surface area contributed by atoms with E-state index in [0.717, 1.165) is 21.5 Å². The molecule has 2 aromatic heterocycles. The molecule has 0 N–H and O–H groups in total. The molecule has 0 bridgehead atoms. The van der Waals surface area contributed by atoms with Crippen molar-refractivity contribution in [3.8, 4) is 0 Å². The Hall–Kier alpha value is -2.99. The van der Waals surface area contributed by atoms with Crippen molar-refractivity contribution < 1.29 is 4.79 Å². The number of carbonyl (C=O) groups is 1. The summed E-state index contributed by atoms with van der Waals surface area (Å²) in [7, 11) is 1.84. The number of hydrogen-bond acceptors (Lipinski definition) is 4. The number of aromatic nitrogens is 3.